The fraction of sp³-hybridized carbons (Fsp3) is 0.533. The van der Waals surface area contributed by atoms with Gasteiger partial charge in [-0.3, -0.25) is 4.79 Å². The number of piperazine rings is 1. The number of hydrogen-bond donors (Lipinski definition) is 1. The molecule has 0 spiro atoms. The van der Waals surface area contributed by atoms with Gasteiger partial charge in [-0.05, 0) is 30.4 Å². The monoisotopic (exact) mass is 244 g/mol. The summed E-state index contributed by atoms with van der Waals surface area (Å²) in [5.41, 5.74) is 2.42. The highest BCUT2D eigenvalue weighted by atomic mass is 16.2. The van der Waals surface area contributed by atoms with E-state index in [0.717, 1.165) is 37.9 Å². The molecular formula is C15H20N2O. The van der Waals surface area contributed by atoms with Crippen molar-refractivity contribution in [2.24, 2.45) is 0 Å². The maximum absolute atomic E-state index is 12.4. The third-order valence-electron chi connectivity index (χ3n) is 4.19. The predicted molar refractivity (Wildman–Crippen MR) is 71.3 cm³/mol. The lowest BCUT2D eigenvalue weighted by Crippen LogP contribution is -2.53. The van der Waals surface area contributed by atoms with Crippen molar-refractivity contribution < 1.29 is 4.79 Å². The molecule has 2 saturated heterocycles. The number of carbonyl (C=O) groups is 1. The highest BCUT2D eigenvalue weighted by Gasteiger charge is 2.38. The second kappa shape index (κ2) is 4.73. The molecule has 2 heterocycles. The summed E-state index contributed by atoms with van der Waals surface area (Å²) in [6.45, 7) is 4.02. The van der Waals surface area contributed by atoms with Crippen molar-refractivity contribution in [3.63, 3.8) is 0 Å². The fourth-order valence-corrected chi connectivity index (χ4v) is 3.05. The van der Waals surface area contributed by atoms with Gasteiger partial charge in [0.05, 0.1) is 0 Å². The molecule has 0 saturated carbocycles. The van der Waals surface area contributed by atoms with Crippen molar-refractivity contribution in [1.29, 1.82) is 0 Å². The molecule has 1 N–H and O–H groups in total. The van der Waals surface area contributed by atoms with Crippen LogP contribution in [-0.4, -0.2) is 29.9 Å². The van der Waals surface area contributed by atoms with E-state index in [1.165, 1.54) is 5.56 Å². The van der Waals surface area contributed by atoms with Crippen LogP contribution < -0.4 is 5.32 Å². The Morgan fingerprint density at radius 2 is 2.11 bits per heavy atom. The fourth-order valence-electron chi connectivity index (χ4n) is 3.05. The molecule has 18 heavy (non-hydrogen) atoms. The minimum absolute atomic E-state index is 0.134. The van der Waals surface area contributed by atoms with Gasteiger partial charge in [-0.15, -0.1) is 0 Å². The Morgan fingerprint density at radius 3 is 2.83 bits per heavy atom. The maximum Gasteiger partial charge on any atom is 0.244 e. The smallest absolute Gasteiger partial charge is 0.244 e. The first kappa shape index (κ1) is 11.7. The SMILES string of the molecule is CCc1ccc(C2NCC3CCCN3C2=O)cc1. The minimum Gasteiger partial charge on any atom is -0.337 e. The van der Waals surface area contributed by atoms with E-state index >= 15 is 0 Å². The second-order valence-corrected chi connectivity index (χ2v) is 5.26. The van der Waals surface area contributed by atoms with Crippen molar-refractivity contribution in [2.45, 2.75) is 38.3 Å². The Balaban J connectivity index is 1.81. The predicted octanol–water partition coefficient (Wildman–Crippen LogP) is 1.88. The van der Waals surface area contributed by atoms with Gasteiger partial charge in [0.1, 0.15) is 6.04 Å². The van der Waals surface area contributed by atoms with Gasteiger partial charge in [0, 0.05) is 19.1 Å². The summed E-state index contributed by atoms with van der Waals surface area (Å²) in [6, 6.07) is 8.73. The number of nitrogens with zero attached hydrogens (tertiary/aromatic N) is 1. The van der Waals surface area contributed by atoms with Crippen LogP contribution in [0, 0.1) is 0 Å². The normalized spacial score (nSPS) is 27.4. The first-order chi connectivity index (χ1) is 8.79. The van der Waals surface area contributed by atoms with Gasteiger partial charge in [-0.2, -0.15) is 0 Å². The van der Waals surface area contributed by atoms with Crippen LogP contribution in [0.1, 0.15) is 36.9 Å². The molecule has 2 unspecified atom stereocenters. The average Bonchev–Trinajstić information content (AvgIpc) is 2.89. The van der Waals surface area contributed by atoms with E-state index in [9.17, 15) is 4.79 Å². The van der Waals surface area contributed by atoms with E-state index in [0.29, 0.717) is 6.04 Å². The molecule has 0 aromatic heterocycles. The Labute approximate surface area is 108 Å². The number of hydrogen-bond acceptors (Lipinski definition) is 2. The lowest BCUT2D eigenvalue weighted by atomic mass is 10.00. The van der Waals surface area contributed by atoms with Crippen LogP contribution in [0.4, 0.5) is 0 Å². The molecular weight excluding hydrogens is 224 g/mol. The van der Waals surface area contributed by atoms with Gasteiger partial charge >= 0.3 is 0 Å². The topological polar surface area (TPSA) is 32.3 Å². The summed E-state index contributed by atoms with van der Waals surface area (Å²) < 4.78 is 0. The number of amides is 1. The number of aryl methyl sites for hydroxylation is 1. The molecule has 2 atom stereocenters. The Bertz CT molecular complexity index is 440. The van der Waals surface area contributed by atoms with Crippen molar-refractivity contribution in [3.8, 4) is 0 Å². The van der Waals surface area contributed by atoms with Gasteiger partial charge in [0.25, 0.3) is 0 Å². The molecule has 1 aromatic rings. The highest BCUT2D eigenvalue weighted by molar-refractivity contribution is 5.84. The Morgan fingerprint density at radius 1 is 1.33 bits per heavy atom. The molecule has 0 aliphatic carbocycles. The van der Waals surface area contributed by atoms with Crippen LogP contribution >= 0.6 is 0 Å². The zero-order valence-electron chi connectivity index (χ0n) is 10.9. The van der Waals surface area contributed by atoms with Gasteiger partial charge < -0.3 is 10.2 Å². The van der Waals surface area contributed by atoms with Crippen LogP contribution in [0.5, 0.6) is 0 Å². The molecule has 0 radical (unpaired) electrons. The molecule has 3 nitrogen and oxygen atoms in total. The lowest BCUT2D eigenvalue weighted by molar-refractivity contribution is -0.137. The van der Waals surface area contributed by atoms with Crippen molar-refractivity contribution in [3.05, 3.63) is 35.4 Å². The molecule has 0 bridgehead atoms. The van der Waals surface area contributed by atoms with E-state index < -0.39 is 0 Å². The highest BCUT2D eigenvalue weighted by Crippen LogP contribution is 2.27. The van der Waals surface area contributed by atoms with E-state index in [1.807, 2.05) is 0 Å². The third-order valence-corrected chi connectivity index (χ3v) is 4.19. The van der Waals surface area contributed by atoms with E-state index in [1.54, 1.807) is 0 Å². The average molecular weight is 244 g/mol. The molecule has 1 amide bonds. The number of fused-ring (bicyclic) bond motifs is 1. The molecule has 2 aliphatic rings. The van der Waals surface area contributed by atoms with Gasteiger partial charge in [-0.25, -0.2) is 0 Å². The minimum atomic E-state index is -0.134. The summed E-state index contributed by atoms with van der Waals surface area (Å²) in [7, 11) is 0. The van der Waals surface area contributed by atoms with Crippen molar-refractivity contribution in [1.82, 2.24) is 10.2 Å². The van der Waals surface area contributed by atoms with Gasteiger partial charge in [-0.1, -0.05) is 31.2 Å². The number of rotatable bonds is 2. The van der Waals surface area contributed by atoms with Crippen LogP contribution in [-0.2, 0) is 11.2 Å². The standard InChI is InChI=1S/C15H20N2O/c1-2-11-5-7-12(8-6-11)14-15(18)17-9-3-4-13(17)10-16-14/h5-8,13-14,16H,2-4,9-10H2,1H3. The third kappa shape index (κ3) is 1.93. The summed E-state index contributed by atoms with van der Waals surface area (Å²) in [4.78, 5) is 14.5. The number of carbonyl (C=O) groups excluding carboxylic acids is 1. The van der Waals surface area contributed by atoms with Crippen LogP contribution in [0.3, 0.4) is 0 Å². The first-order valence-corrected chi connectivity index (χ1v) is 6.92. The number of benzene rings is 1. The Hall–Kier alpha value is -1.35. The summed E-state index contributed by atoms with van der Waals surface area (Å²) in [5, 5.41) is 3.40. The second-order valence-electron chi connectivity index (χ2n) is 5.26. The summed E-state index contributed by atoms with van der Waals surface area (Å²) >= 11 is 0. The van der Waals surface area contributed by atoms with Gasteiger partial charge in [0.15, 0.2) is 0 Å². The molecule has 2 fully saturated rings. The zero-order valence-corrected chi connectivity index (χ0v) is 10.9. The largest absolute Gasteiger partial charge is 0.337 e. The Kier molecular flexibility index (Phi) is 3.08. The van der Waals surface area contributed by atoms with E-state index in [4.69, 9.17) is 0 Å². The summed E-state index contributed by atoms with van der Waals surface area (Å²) in [5.74, 6) is 0.257. The zero-order chi connectivity index (χ0) is 12.5. The molecule has 96 valence electrons. The quantitative estimate of drug-likeness (QED) is 0.861. The lowest BCUT2D eigenvalue weighted by Gasteiger charge is -2.35. The van der Waals surface area contributed by atoms with Crippen LogP contribution in [0.15, 0.2) is 24.3 Å². The van der Waals surface area contributed by atoms with Crippen LogP contribution in [0.2, 0.25) is 0 Å². The maximum atomic E-state index is 12.4. The molecule has 1 aromatic carbocycles. The van der Waals surface area contributed by atoms with Crippen molar-refractivity contribution in [2.75, 3.05) is 13.1 Å². The van der Waals surface area contributed by atoms with Crippen LogP contribution in [0.25, 0.3) is 0 Å². The molecule has 3 heteroatoms. The number of nitrogens with one attached hydrogen (secondary N) is 1. The van der Waals surface area contributed by atoms with E-state index in [-0.39, 0.29) is 11.9 Å². The first-order valence-electron chi connectivity index (χ1n) is 6.92. The van der Waals surface area contributed by atoms with E-state index in [2.05, 4.69) is 41.4 Å². The molecule has 2 aliphatic heterocycles. The van der Waals surface area contributed by atoms with Gasteiger partial charge in [0.2, 0.25) is 5.91 Å². The molecule has 3 rings (SSSR count). The summed E-state index contributed by atoms with van der Waals surface area (Å²) in [6.07, 6.45) is 3.35. The van der Waals surface area contributed by atoms with Crippen molar-refractivity contribution >= 4 is 5.91 Å².